The molecule has 0 aliphatic heterocycles. The monoisotopic (exact) mass is 362 g/mol. The van der Waals surface area contributed by atoms with Crippen LogP contribution in [-0.4, -0.2) is 21.9 Å². The topological polar surface area (TPSA) is 73.1 Å². The number of Topliss-reactive ketones (excluding diaryl/α,β-unsaturated/α-hetero) is 1. The smallest absolute Gasteiger partial charge is 0.222 e. The van der Waals surface area contributed by atoms with Crippen molar-refractivity contribution >= 4 is 34.8 Å². The Kier molecular flexibility index (Phi) is 5.83. The van der Waals surface area contributed by atoms with Gasteiger partial charge in [-0.05, 0) is 57.4 Å². The molecule has 1 unspecified atom stereocenters. The normalized spacial score (nSPS) is 12.2. The van der Waals surface area contributed by atoms with E-state index in [0.717, 1.165) is 31.6 Å². The van der Waals surface area contributed by atoms with Gasteiger partial charge in [0.25, 0.3) is 0 Å². The maximum atomic E-state index is 12.8. The van der Waals surface area contributed by atoms with Crippen LogP contribution in [0.5, 0.6) is 0 Å². The van der Waals surface area contributed by atoms with Crippen molar-refractivity contribution in [2.75, 3.05) is 0 Å². The first kappa shape index (κ1) is 18.7. The first-order chi connectivity index (χ1) is 11.2. The maximum Gasteiger partial charge on any atom is 0.222 e. The van der Waals surface area contributed by atoms with Crippen LogP contribution in [0.3, 0.4) is 0 Å². The van der Waals surface area contributed by atoms with Crippen molar-refractivity contribution in [2.45, 2.75) is 50.6 Å². The van der Waals surface area contributed by atoms with Crippen LogP contribution in [0.2, 0.25) is 0 Å². The largest absolute Gasteiger partial charge is 0.369 e. The van der Waals surface area contributed by atoms with E-state index in [-0.39, 0.29) is 23.4 Å². The van der Waals surface area contributed by atoms with Crippen LogP contribution >= 0.6 is 23.1 Å². The third-order valence-electron chi connectivity index (χ3n) is 3.96. The Labute approximate surface area is 150 Å². The lowest BCUT2D eigenvalue weighted by molar-refractivity contribution is -0.117. The molecule has 1 aromatic heterocycles. The first-order valence-electron chi connectivity index (χ1n) is 7.72. The van der Waals surface area contributed by atoms with Gasteiger partial charge >= 0.3 is 0 Å². The van der Waals surface area contributed by atoms with E-state index in [2.05, 4.69) is 11.1 Å². The van der Waals surface area contributed by atoms with Gasteiger partial charge in [-0.25, -0.2) is 4.98 Å². The van der Waals surface area contributed by atoms with Gasteiger partial charge in [-0.2, -0.15) is 0 Å². The van der Waals surface area contributed by atoms with Crippen molar-refractivity contribution in [3.8, 4) is 0 Å². The number of carbonyl (C=O) groups excluding carboxylic acids is 2. The number of amides is 1. The average Bonchev–Trinajstić information content (AvgIpc) is 2.81. The molecule has 0 radical (unpaired) electrons. The van der Waals surface area contributed by atoms with E-state index >= 15 is 0 Å². The number of aromatic nitrogens is 1. The Balaban J connectivity index is 2.18. The molecule has 1 heterocycles. The second kappa shape index (κ2) is 7.49. The molecule has 0 fully saturated rings. The van der Waals surface area contributed by atoms with E-state index < -0.39 is 0 Å². The Morgan fingerprint density at radius 1 is 1.17 bits per heavy atom. The average molecular weight is 363 g/mol. The van der Waals surface area contributed by atoms with E-state index in [0.29, 0.717) is 0 Å². The zero-order valence-corrected chi connectivity index (χ0v) is 16.2. The highest BCUT2D eigenvalue weighted by atomic mass is 32.2. The Morgan fingerprint density at radius 3 is 2.42 bits per heavy atom. The molecule has 1 amide bonds. The molecule has 2 N–H and O–H groups in total. The molecule has 2 aromatic rings. The number of primary amides is 1. The third kappa shape index (κ3) is 4.24. The number of aryl methyl sites for hydroxylation is 4. The number of carbonyl (C=O) groups is 2. The highest BCUT2D eigenvalue weighted by Gasteiger charge is 2.21. The molecule has 1 atom stereocenters. The summed E-state index contributed by atoms with van der Waals surface area (Å²) in [7, 11) is 0. The van der Waals surface area contributed by atoms with E-state index in [1.807, 2.05) is 40.7 Å². The zero-order chi connectivity index (χ0) is 18.0. The van der Waals surface area contributed by atoms with Gasteiger partial charge in [-0.3, -0.25) is 9.59 Å². The van der Waals surface area contributed by atoms with Crippen molar-refractivity contribution in [3.63, 3.8) is 0 Å². The summed E-state index contributed by atoms with van der Waals surface area (Å²) >= 11 is 2.87. The van der Waals surface area contributed by atoms with Crippen LogP contribution in [0.25, 0.3) is 0 Å². The fraction of sp³-hybridized carbons (Fsp3) is 0.389. The SMILES string of the molecule is Cc1cc(C)c(C(=O)C(C)Sc2nc(C)c(CC(N)=O)s2)cc1C. The van der Waals surface area contributed by atoms with Crippen molar-refractivity contribution < 1.29 is 9.59 Å². The predicted molar refractivity (Wildman–Crippen MR) is 100 cm³/mol. The van der Waals surface area contributed by atoms with Gasteiger partial charge < -0.3 is 5.73 Å². The summed E-state index contributed by atoms with van der Waals surface area (Å²) < 4.78 is 0.797. The fourth-order valence-corrected chi connectivity index (χ4v) is 4.88. The van der Waals surface area contributed by atoms with Crippen LogP contribution in [0, 0.1) is 27.7 Å². The molecule has 24 heavy (non-hydrogen) atoms. The summed E-state index contributed by atoms with van der Waals surface area (Å²) in [5, 5.41) is -0.238. The molecule has 0 saturated heterocycles. The number of thiazole rings is 1. The van der Waals surface area contributed by atoms with Crippen molar-refractivity contribution in [2.24, 2.45) is 5.73 Å². The van der Waals surface area contributed by atoms with Crippen LogP contribution in [0.15, 0.2) is 16.5 Å². The van der Waals surface area contributed by atoms with Crippen LogP contribution in [0.4, 0.5) is 0 Å². The number of benzene rings is 1. The summed E-state index contributed by atoms with van der Waals surface area (Å²) in [4.78, 5) is 29.2. The lowest BCUT2D eigenvalue weighted by atomic mass is 9.97. The molecule has 0 saturated carbocycles. The molecule has 0 bridgehead atoms. The summed E-state index contributed by atoms with van der Waals surface area (Å²) in [6, 6.07) is 4.02. The van der Waals surface area contributed by atoms with E-state index in [4.69, 9.17) is 5.73 Å². The molecule has 6 heteroatoms. The minimum absolute atomic E-state index is 0.102. The van der Waals surface area contributed by atoms with Gasteiger partial charge in [-0.1, -0.05) is 17.8 Å². The van der Waals surface area contributed by atoms with E-state index in [1.54, 1.807) is 0 Å². The Bertz CT molecular complexity index is 797. The second-order valence-electron chi connectivity index (χ2n) is 6.01. The fourth-order valence-electron chi connectivity index (χ4n) is 2.42. The molecule has 0 aliphatic rings. The first-order valence-corrected chi connectivity index (χ1v) is 9.42. The summed E-state index contributed by atoms with van der Waals surface area (Å²) in [6.07, 6.45) is 0.197. The molecule has 4 nitrogen and oxygen atoms in total. The lowest BCUT2D eigenvalue weighted by Gasteiger charge is -2.13. The standard InChI is InChI=1S/C18H22N2O2S2/c1-9-6-11(3)14(7-10(9)2)17(22)13(5)23-18-20-12(4)15(24-18)8-16(19)21/h6-7,13H,8H2,1-5H3,(H2,19,21). The van der Waals surface area contributed by atoms with Gasteiger partial charge in [0.15, 0.2) is 10.1 Å². The number of hydrogen-bond acceptors (Lipinski definition) is 5. The van der Waals surface area contributed by atoms with Gasteiger partial charge in [0.05, 0.1) is 17.4 Å². The zero-order valence-electron chi connectivity index (χ0n) is 14.6. The predicted octanol–water partition coefficient (Wildman–Crippen LogP) is 3.77. The van der Waals surface area contributed by atoms with Crippen LogP contribution < -0.4 is 5.73 Å². The number of thioether (sulfide) groups is 1. The number of hydrogen-bond donors (Lipinski definition) is 1. The van der Waals surface area contributed by atoms with Crippen molar-refractivity contribution in [3.05, 3.63) is 45.0 Å². The summed E-state index contributed by atoms with van der Waals surface area (Å²) in [6.45, 7) is 9.79. The number of ketones is 1. The lowest BCUT2D eigenvalue weighted by Crippen LogP contribution is -2.15. The minimum atomic E-state index is -0.367. The van der Waals surface area contributed by atoms with Crippen molar-refractivity contribution in [1.29, 1.82) is 0 Å². The number of nitrogens with zero attached hydrogens (tertiary/aromatic N) is 1. The Hall–Kier alpha value is -1.66. The van der Waals surface area contributed by atoms with Gasteiger partial charge in [0, 0.05) is 10.4 Å². The van der Waals surface area contributed by atoms with E-state index in [1.165, 1.54) is 28.7 Å². The summed E-state index contributed by atoms with van der Waals surface area (Å²) in [5.41, 5.74) is 10.1. The van der Waals surface area contributed by atoms with E-state index in [9.17, 15) is 9.59 Å². The molecule has 0 spiro atoms. The summed E-state index contributed by atoms with van der Waals surface area (Å²) in [5.74, 6) is -0.266. The quantitative estimate of drug-likeness (QED) is 0.627. The Morgan fingerprint density at radius 2 is 1.79 bits per heavy atom. The van der Waals surface area contributed by atoms with Crippen LogP contribution in [0.1, 0.15) is 44.5 Å². The van der Waals surface area contributed by atoms with Gasteiger partial charge in [0.2, 0.25) is 5.91 Å². The van der Waals surface area contributed by atoms with Crippen LogP contribution in [-0.2, 0) is 11.2 Å². The number of nitrogens with two attached hydrogens (primary N) is 1. The minimum Gasteiger partial charge on any atom is -0.369 e. The highest BCUT2D eigenvalue weighted by molar-refractivity contribution is 8.02. The van der Waals surface area contributed by atoms with Gasteiger partial charge in [0.1, 0.15) is 0 Å². The number of rotatable bonds is 6. The second-order valence-corrected chi connectivity index (χ2v) is 8.68. The van der Waals surface area contributed by atoms with Crippen molar-refractivity contribution in [1.82, 2.24) is 4.98 Å². The molecular formula is C18H22N2O2S2. The van der Waals surface area contributed by atoms with Gasteiger partial charge in [-0.15, -0.1) is 11.3 Å². The maximum absolute atomic E-state index is 12.8. The molecule has 2 rings (SSSR count). The highest BCUT2D eigenvalue weighted by Crippen LogP contribution is 2.32. The molecule has 1 aromatic carbocycles. The molecule has 128 valence electrons. The third-order valence-corrected chi connectivity index (χ3v) is 6.31. The molecule has 0 aliphatic carbocycles. The molecular weight excluding hydrogens is 340 g/mol.